The van der Waals surface area contributed by atoms with Gasteiger partial charge in [0.2, 0.25) is 0 Å². The molecule has 0 saturated carbocycles. The third-order valence-electron chi connectivity index (χ3n) is 3.13. The standard InChI is InChI=1S/C16H30N4O/c1-6-8-17-13-12-14(20(9-7-2)10-11-21)19-15(18-13)16(3,4)5/h12,21H,6-11H2,1-5H3,(H,17,18,19). The number of rotatable bonds is 8. The van der Waals surface area contributed by atoms with Gasteiger partial charge in [-0.25, -0.2) is 9.97 Å². The first-order valence-electron chi connectivity index (χ1n) is 7.91. The van der Waals surface area contributed by atoms with E-state index in [0.29, 0.717) is 6.54 Å². The van der Waals surface area contributed by atoms with Crippen LogP contribution in [0.25, 0.3) is 0 Å². The predicted octanol–water partition coefficient (Wildman–Crippen LogP) is 2.80. The lowest BCUT2D eigenvalue weighted by molar-refractivity contribution is 0.301. The summed E-state index contributed by atoms with van der Waals surface area (Å²) in [6.07, 6.45) is 2.08. The van der Waals surface area contributed by atoms with Gasteiger partial charge in [0.15, 0.2) is 0 Å². The Balaban J connectivity index is 3.15. The van der Waals surface area contributed by atoms with Crippen LogP contribution in [0.5, 0.6) is 0 Å². The van der Waals surface area contributed by atoms with E-state index in [9.17, 15) is 5.11 Å². The number of hydrogen-bond donors (Lipinski definition) is 2. The van der Waals surface area contributed by atoms with E-state index in [-0.39, 0.29) is 12.0 Å². The molecule has 1 rings (SSSR count). The van der Waals surface area contributed by atoms with Gasteiger partial charge in [0.25, 0.3) is 0 Å². The Bertz CT molecular complexity index is 423. The average molecular weight is 294 g/mol. The van der Waals surface area contributed by atoms with Crippen molar-refractivity contribution >= 4 is 11.6 Å². The number of anilines is 2. The van der Waals surface area contributed by atoms with Crippen LogP contribution in [0.4, 0.5) is 11.6 Å². The van der Waals surface area contributed by atoms with Crippen LogP contribution in [0.2, 0.25) is 0 Å². The van der Waals surface area contributed by atoms with Crippen LogP contribution >= 0.6 is 0 Å². The van der Waals surface area contributed by atoms with E-state index in [4.69, 9.17) is 4.98 Å². The monoisotopic (exact) mass is 294 g/mol. The summed E-state index contributed by atoms with van der Waals surface area (Å²) >= 11 is 0. The van der Waals surface area contributed by atoms with E-state index in [2.05, 4.69) is 49.8 Å². The van der Waals surface area contributed by atoms with Gasteiger partial charge in [-0.15, -0.1) is 0 Å². The van der Waals surface area contributed by atoms with Crippen molar-refractivity contribution in [1.29, 1.82) is 0 Å². The van der Waals surface area contributed by atoms with Gasteiger partial charge < -0.3 is 15.3 Å². The number of nitrogens with zero attached hydrogens (tertiary/aromatic N) is 3. The lowest BCUT2D eigenvalue weighted by atomic mass is 9.96. The maximum Gasteiger partial charge on any atom is 0.138 e. The highest BCUT2D eigenvalue weighted by Crippen LogP contribution is 2.24. The molecule has 2 N–H and O–H groups in total. The van der Waals surface area contributed by atoms with Crippen molar-refractivity contribution in [3.05, 3.63) is 11.9 Å². The van der Waals surface area contributed by atoms with Crippen LogP contribution in [0.1, 0.15) is 53.3 Å². The molecule has 21 heavy (non-hydrogen) atoms. The molecule has 5 heteroatoms. The van der Waals surface area contributed by atoms with E-state index in [1.165, 1.54) is 0 Å². The molecule has 0 radical (unpaired) electrons. The summed E-state index contributed by atoms with van der Waals surface area (Å²) < 4.78 is 0. The molecule has 1 aromatic rings. The third-order valence-corrected chi connectivity index (χ3v) is 3.13. The normalized spacial score (nSPS) is 11.5. The lowest BCUT2D eigenvalue weighted by Gasteiger charge is -2.25. The van der Waals surface area contributed by atoms with E-state index in [1.807, 2.05) is 6.07 Å². The maximum absolute atomic E-state index is 9.26. The molecule has 120 valence electrons. The lowest BCUT2D eigenvalue weighted by Crippen LogP contribution is -2.30. The van der Waals surface area contributed by atoms with Crippen molar-refractivity contribution in [2.75, 3.05) is 36.5 Å². The Morgan fingerprint density at radius 3 is 2.38 bits per heavy atom. The van der Waals surface area contributed by atoms with Crippen LogP contribution in [0, 0.1) is 0 Å². The number of hydrogen-bond acceptors (Lipinski definition) is 5. The molecule has 0 aliphatic rings. The summed E-state index contributed by atoms with van der Waals surface area (Å²) in [4.78, 5) is 11.5. The summed E-state index contributed by atoms with van der Waals surface area (Å²) in [6, 6.07) is 1.98. The number of aliphatic hydroxyl groups excluding tert-OH is 1. The molecule has 0 aromatic carbocycles. The highest BCUT2D eigenvalue weighted by atomic mass is 16.3. The van der Waals surface area contributed by atoms with Gasteiger partial charge in [0.05, 0.1) is 6.61 Å². The van der Waals surface area contributed by atoms with E-state index >= 15 is 0 Å². The minimum Gasteiger partial charge on any atom is -0.395 e. The molecular weight excluding hydrogens is 264 g/mol. The SMILES string of the molecule is CCCNc1cc(N(CCC)CCO)nc(C(C)(C)C)n1. The summed E-state index contributed by atoms with van der Waals surface area (Å²) in [7, 11) is 0. The predicted molar refractivity (Wildman–Crippen MR) is 89.1 cm³/mol. The summed E-state index contributed by atoms with van der Waals surface area (Å²) in [5, 5.41) is 12.6. The Morgan fingerprint density at radius 1 is 1.14 bits per heavy atom. The molecule has 1 aromatic heterocycles. The second-order valence-corrected chi connectivity index (χ2v) is 6.32. The van der Waals surface area contributed by atoms with Crippen molar-refractivity contribution in [3.8, 4) is 0 Å². The largest absolute Gasteiger partial charge is 0.395 e. The smallest absolute Gasteiger partial charge is 0.138 e. The fourth-order valence-corrected chi connectivity index (χ4v) is 2.01. The van der Waals surface area contributed by atoms with Crippen molar-refractivity contribution in [2.24, 2.45) is 0 Å². The molecule has 0 aliphatic carbocycles. The van der Waals surface area contributed by atoms with E-state index in [0.717, 1.165) is 43.4 Å². The summed E-state index contributed by atoms with van der Waals surface area (Å²) in [5.41, 5.74) is -0.101. The van der Waals surface area contributed by atoms with Crippen molar-refractivity contribution in [3.63, 3.8) is 0 Å². The zero-order chi connectivity index (χ0) is 15.9. The molecule has 0 aliphatic heterocycles. The third kappa shape index (κ3) is 5.50. The van der Waals surface area contributed by atoms with Gasteiger partial charge in [0, 0.05) is 31.1 Å². The Kier molecular flexibility index (Phi) is 6.89. The summed E-state index contributed by atoms with van der Waals surface area (Å²) in [6.45, 7) is 13.1. The second kappa shape index (κ2) is 8.17. The van der Waals surface area contributed by atoms with Crippen molar-refractivity contribution < 1.29 is 5.11 Å². The van der Waals surface area contributed by atoms with Crippen LogP contribution in [0.3, 0.4) is 0 Å². The molecular formula is C16H30N4O. The Morgan fingerprint density at radius 2 is 1.86 bits per heavy atom. The molecule has 0 atom stereocenters. The molecule has 0 fully saturated rings. The fourth-order valence-electron chi connectivity index (χ4n) is 2.01. The van der Waals surface area contributed by atoms with Gasteiger partial charge in [0.1, 0.15) is 17.5 Å². The van der Waals surface area contributed by atoms with Gasteiger partial charge in [-0.3, -0.25) is 0 Å². The number of aromatic nitrogens is 2. The first kappa shape index (κ1) is 17.7. The zero-order valence-corrected chi connectivity index (χ0v) is 14.1. The van der Waals surface area contributed by atoms with E-state index < -0.39 is 0 Å². The molecule has 0 bridgehead atoms. The fraction of sp³-hybridized carbons (Fsp3) is 0.750. The highest BCUT2D eigenvalue weighted by molar-refractivity contribution is 5.50. The number of nitrogens with one attached hydrogen (secondary N) is 1. The first-order valence-corrected chi connectivity index (χ1v) is 7.91. The van der Waals surface area contributed by atoms with Gasteiger partial charge in [-0.1, -0.05) is 34.6 Å². The number of aliphatic hydroxyl groups is 1. The molecule has 5 nitrogen and oxygen atoms in total. The minimum atomic E-state index is -0.101. The Labute approximate surface area is 128 Å². The van der Waals surface area contributed by atoms with Gasteiger partial charge in [-0.2, -0.15) is 0 Å². The van der Waals surface area contributed by atoms with E-state index in [1.54, 1.807) is 0 Å². The van der Waals surface area contributed by atoms with Crippen LogP contribution in [-0.4, -0.2) is 41.3 Å². The molecule has 0 spiro atoms. The van der Waals surface area contributed by atoms with Gasteiger partial charge in [-0.05, 0) is 12.8 Å². The average Bonchev–Trinajstić information content (AvgIpc) is 2.43. The summed E-state index contributed by atoms with van der Waals surface area (Å²) in [5.74, 6) is 2.59. The molecule has 1 heterocycles. The van der Waals surface area contributed by atoms with Crippen molar-refractivity contribution in [2.45, 2.75) is 52.9 Å². The molecule has 0 amide bonds. The second-order valence-electron chi connectivity index (χ2n) is 6.32. The van der Waals surface area contributed by atoms with Crippen molar-refractivity contribution in [1.82, 2.24) is 9.97 Å². The topological polar surface area (TPSA) is 61.3 Å². The molecule has 0 saturated heterocycles. The zero-order valence-electron chi connectivity index (χ0n) is 14.1. The minimum absolute atomic E-state index is 0.101. The first-order chi connectivity index (χ1) is 9.92. The highest BCUT2D eigenvalue weighted by Gasteiger charge is 2.20. The van der Waals surface area contributed by atoms with Crippen LogP contribution in [0.15, 0.2) is 6.07 Å². The van der Waals surface area contributed by atoms with Crippen LogP contribution < -0.4 is 10.2 Å². The van der Waals surface area contributed by atoms with Gasteiger partial charge >= 0.3 is 0 Å². The Hall–Kier alpha value is -1.36. The van der Waals surface area contributed by atoms with Crippen LogP contribution in [-0.2, 0) is 5.41 Å². The maximum atomic E-state index is 9.26. The quantitative estimate of drug-likeness (QED) is 0.772. The molecule has 0 unspecified atom stereocenters.